The molecule has 2 heterocycles. The second-order valence-corrected chi connectivity index (χ2v) is 8.31. The molecule has 166 valence electrons. The van der Waals surface area contributed by atoms with Crippen LogP contribution in [0.5, 0.6) is 5.75 Å². The Balaban J connectivity index is 1.58. The van der Waals surface area contributed by atoms with Crippen LogP contribution in [0.3, 0.4) is 0 Å². The van der Waals surface area contributed by atoms with Crippen LogP contribution in [0.4, 0.5) is 10.5 Å². The molecule has 2 aliphatic heterocycles. The van der Waals surface area contributed by atoms with E-state index in [4.69, 9.17) is 9.47 Å². The number of amides is 3. The van der Waals surface area contributed by atoms with Crippen molar-refractivity contribution >= 4 is 35.4 Å². The molecule has 2 N–H and O–H groups in total. The van der Waals surface area contributed by atoms with Crippen LogP contribution in [0.25, 0.3) is 0 Å². The van der Waals surface area contributed by atoms with E-state index in [0.717, 1.165) is 16.0 Å². The molecule has 2 aromatic rings. The summed E-state index contributed by atoms with van der Waals surface area (Å²) in [6.45, 7) is 1.58. The smallest absolute Gasteiger partial charge is 0.338 e. The first kappa shape index (κ1) is 21.8. The topological polar surface area (TPSA) is 97.0 Å². The molecule has 0 saturated carbocycles. The predicted molar refractivity (Wildman–Crippen MR) is 121 cm³/mol. The Morgan fingerprint density at radius 1 is 1.25 bits per heavy atom. The predicted octanol–water partition coefficient (Wildman–Crippen LogP) is 3.24. The van der Waals surface area contributed by atoms with E-state index in [1.807, 2.05) is 43.5 Å². The number of esters is 1. The number of rotatable bonds is 6. The fourth-order valence-corrected chi connectivity index (χ4v) is 4.19. The summed E-state index contributed by atoms with van der Waals surface area (Å²) in [4.78, 5) is 40.5. The first-order valence-electron chi connectivity index (χ1n) is 9.98. The molecular formula is C23H23N3O5S. The minimum absolute atomic E-state index is 0.0535. The van der Waals surface area contributed by atoms with E-state index >= 15 is 0 Å². The number of ether oxygens (including phenoxy) is 2. The van der Waals surface area contributed by atoms with Gasteiger partial charge in [0, 0.05) is 4.90 Å². The van der Waals surface area contributed by atoms with E-state index in [1.54, 1.807) is 23.9 Å². The number of benzene rings is 2. The highest BCUT2D eigenvalue weighted by Crippen LogP contribution is 2.35. The van der Waals surface area contributed by atoms with Gasteiger partial charge in [-0.2, -0.15) is 0 Å². The molecule has 0 radical (unpaired) electrons. The van der Waals surface area contributed by atoms with Gasteiger partial charge in [0.25, 0.3) is 0 Å². The molecule has 2 aromatic carbocycles. The van der Waals surface area contributed by atoms with Gasteiger partial charge in [-0.3, -0.25) is 9.69 Å². The maximum atomic E-state index is 12.9. The van der Waals surface area contributed by atoms with Crippen molar-refractivity contribution in [2.24, 2.45) is 0 Å². The second kappa shape index (κ2) is 8.96. The average Bonchev–Trinajstić information content (AvgIpc) is 3.17. The normalized spacial score (nSPS) is 17.6. The summed E-state index contributed by atoms with van der Waals surface area (Å²) in [7, 11) is 1.52. The number of thioether (sulfide) groups is 1. The number of methoxy groups -OCH3 is 1. The molecule has 0 fully saturated rings. The van der Waals surface area contributed by atoms with Gasteiger partial charge in [-0.1, -0.05) is 18.2 Å². The van der Waals surface area contributed by atoms with Crippen LogP contribution in [-0.4, -0.2) is 49.3 Å². The van der Waals surface area contributed by atoms with Crippen molar-refractivity contribution in [3.8, 4) is 5.75 Å². The van der Waals surface area contributed by atoms with Crippen LogP contribution < -0.4 is 15.4 Å². The summed E-state index contributed by atoms with van der Waals surface area (Å²) in [6, 6.07) is 11.9. The lowest BCUT2D eigenvalue weighted by Crippen LogP contribution is -2.49. The van der Waals surface area contributed by atoms with Crippen molar-refractivity contribution in [2.45, 2.75) is 17.9 Å². The van der Waals surface area contributed by atoms with Gasteiger partial charge in [0.2, 0.25) is 5.91 Å². The summed E-state index contributed by atoms with van der Waals surface area (Å²) in [5, 5.41) is 5.62. The molecule has 0 aromatic heterocycles. The van der Waals surface area contributed by atoms with E-state index < -0.39 is 23.9 Å². The van der Waals surface area contributed by atoms with Crippen molar-refractivity contribution in [3.05, 3.63) is 64.9 Å². The molecular weight excluding hydrogens is 430 g/mol. The van der Waals surface area contributed by atoms with Gasteiger partial charge >= 0.3 is 12.0 Å². The van der Waals surface area contributed by atoms with E-state index in [2.05, 4.69) is 10.6 Å². The standard InChI is InChI=1S/C23H23N3O5S/c1-13-4-9-18(30-2)16(10-13)24-19(27)11-26-17-12-31-22(28)20(17)21(25-23(26)29)14-5-7-15(32-3)8-6-14/h4-10,21H,11-12H2,1-3H3,(H,24,27)(H,25,29)/t21-/m0/s1. The maximum absolute atomic E-state index is 12.9. The zero-order chi connectivity index (χ0) is 22.8. The zero-order valence-corrected chi connectivity index (χ0v) is 18.7. The number of aryl methyl sites for hydroxylation is 1. The highest BCUT2D eigenvalue weighted by atomic mass is 32.2. The Morgan fingerprint density at radius 2 is 2.00 bits per heavy atom. The number of hydrogen-bond donors (Lipinski definition) is 2. The number of urea groups is 1. The van der Waals surface area contributed by atoms with E-state index in [-0.39, 0.29) is 13.2 Å². The first-order chi connectivity index (χ1) is 15.4. The third kappa shape index (κ3) is 4.16. The molecule has 1 atom stereocenters. The van der Waals surface area contributed by atoms with Crippen LogP contribution in [0.15, 0.2) is 58.6 Å². The highest BCUT2D eigenvalue weighted by molar-refractivity contribution is 7.98. The quantitative estimate of drug-likeness (QED) is 0.515. The Labute approximate surface area is 189 Å². The largest absolute Gasteiger partial charge is 0.495 e. The van der Waals surface area contributed by atoms with E-state index in [1.165, 1.54) is 12.0 Å². The van der Waals surface area contributed by atoms with E-state index in [9.17, 15) is 14.4 Å². The van der Waals surface area contributed by atoms with Crippen LogP contribution in [0.2, 0.25) is 0 Å². The number of hydrogen-bond acceptors (Lipinski definition) is 6. The van der Waals surface area contributed by atoms with Crippen molar-refractivity contribution in [1.29, 1.82) is 0 Å². The number of anilines is 1. The van der Waals surface area contributed by atoms with Gasteiger partial charge in [0.1, 0.15) is 18.9 Å². The Kier molecular flexibility index (Phi) is 6.09. The molecule has 32 heavy (non-hydrogen) atoms. The molecule has 9 heteroatoms. The molecule has 0 unspecified atom stereocenters. The molecule has 2 aliphatic rings. The Bertz CT molecular complexity index is 1110. The SMILES string of the molecule is COc1ccc(C)cc1NC(=O)CN1C(=O)N[C@@H](c2ccc(SC)cc2)C2=C1COC2=O. The monoisotopic (exact) mass is 453 g/mol. The fourth-order valence-electron chi connectivity index (χ4n) is 3.78. The summed E-state index contributed by atoms with van der Waals surface area (Å²) in [6.07, 6.45) is 1.97. The average molecular weight is 454 g/mol. The molecule has 3 amide bonds. The van der Waals surface area contributed by atoms with Gasteiger partial charge in [0.05, 0.1) is 30.1 Å². The summed E-state index contributed by atoms with van der Waals surface area (Å²) >= 11 is 1.60. The van der Waals surface area contributed by atoms with Gasteiger partial charge < -0.3 is 20.1 Å². The van der Waals surface area contributed by atoms with Crippen molar-refractivity contribution in [3.63, 3.8) is 0 Å². The minimum Gasteiger partial charge on any atom is -0.495 e. The summed E-state index contributed by atoms with van der Waals surface area (Å²) < 4.78 is 10.5. The van der Waals surface area contributed by atoms with Gasteiger partial charge in [-0.15, -0.1) is 11.8 Å². The second-order valence-electron chi connectivity index (χ2n) is 7.43. The van der Waals surface area contributed by atoms with Crippen molar-refractivity contribution in [1.82, 2.24) is 10.2 Å². The van der Waals surface area contributed by atoms with Crippen LogP contribution in [-0.2, 0) is 14.3 Å². The Morgan fingerprint density at radius 3 is 2.69 bits per heavy atom. The fraction of sp³-hybridized carbons (Fsp3) is 0.261. The Hall–Kier alpha value is -3.46. The van der Waals surface area contributed by atoms with Crippen LogP contribution >= 0.6 is 11.8 Å². The lowest BCUT2D eigenvalue weighted by Gasteiger charge is -2.32. The minimum atomic E-state index is -0.625. The van der Waals surface area contributed by atoms with Crippen molar-refractivity contribution < 1.29 is 23.9 Å². The maximum Gasteiger partial charge on any atom is 0.338 e. The molecule has 8 nitrogen and oxygen atoms in total. The number of cyclic esters (lactones) is 1. The van der Waals surface area contributed by atoms with Crippen LogP contribution in [0, 0.1) is 6.92 Å². The zero-order valence-electron chi connectivity index (χ0n) is 17.9. The van der Waals surface area contributed by atoms with Gasteiger partial charge in [0.15, 0.2) is 0 Å². The number of nitrogens with zero attached hydrogens (tertiary/aromatic N) is 1. The van der Waals surface area contributed by atoms with Crippen LogP contribution in [0.1, 0.15) is 17.2 Å². The summed E-state index contributed by atoms with van der Waals surface area (Å²) in [5.74, 6) is -0.400. The number of carbonyl (C=O) groups excluding carboxylic acids is 3. The third-order valence-corrected chi connectivity index (χ3v) is 6.12. The lowest BCUT2D eigenvalue weighted by molar-refractivity contribution is -0.136. The third-order valence-electron chi connectivity index (χ3n) is 5.38. The summed E-state index contributed by atoms with van der Waals surface area (Å²) in [5.41, 5.74) is 2.99. The molecule has 0 aliphatic carbocycles. The molecule has 0 spiro atoms. The van der Waals surface area contributed by atoms with Gasteiger partial charge in [-0.05, 0) is 48.6 Å². The van der Waals surface area contributed by atoms with E-state index in [0.29, 0.717) is 22.7 Å². The number of nitrogens with one attached hydrogen (secondary N) is 2. The number of carbonyl (C=O) groups is 3. The lowest BCUT2D eigenvalue weighted by atomic mass is 9.96. The first-order valence-corrected chi connectivity index (χ1v) is 11.2. The molecule has 4 rings (SSSR count). The molecule has 0 saturated heterocycles. The van der Waals surface area contributed by atoms with Crippen molar-refractivity contribution in [2.75, 3.05) is 31.8 Å². The highest BCUT2D eigenvalue weighted by Gasteiger charge is 2.42. The van der Waals surface area contributed by atoms with Gasteiger partial charge in [-0.25, -0.2) is 9.59 Å². The molecule has 0 bridgehead atoms.